The van der Waals surface area contributed by atoms with Gasteiger partial charge in [0.2, 0.25) is 0 Å². The standard InChI is InChI=1S/C18H18N2/c1-3-7-16-13(5-1)9-10-19-18(16)12-15-11-14-6-2-4-8-17(14)20-15/h1-8,11,18-20H,9-10,12H2. The molecule has 0 bridgehead atoms. The van der Waals surface area contributed by atoms with E-state index in [-0.39, 0.29) is 0 Å². The summed E-state index contributed by atoms with van der Waals surface area (Å²) in [7, 11) is 0. The Balaban J connectivity index is 1.66. The lowest BCUT2D eigenvalue weighted by atomic mass is 9.92. The lowest BCUT2D eigenvalue weighted by molar-refractivity contribution is 0.499. The summed E-state index contributed by atoms with van der Waals surface area (Å²) >= 11 is 0. The van der Waals surface area contributed by atoms with Crippen molar-refractivity contribution in [3.05, 3.63) is 71.4 Å². The molecule has 2 heteroatoms. The van der Waals surface area contributed by atoms with E-state index in [0.29, 0.717) is 6.04 Å². The van der Waals surface area contributed by atoms with Gasteiger partial charge < -0.3 is 10.3 Å². The molecule has 2 aromatic carbocycles. The molecule has 2 nitrogen and oxygen atoms in total. The van der Waals surface area contributed by atoms with Gasteiger partial charge in [0, 0.05) is 23.7 Å². The van der Waals surface area contributed by atoms with Crippen molar-refractivity contribution in [2.45, 2.75) is 18.9 Å². The summed E-state index contributed by atoms with van der Waals surface area (Å²) in [6, 6.07) is 20.0. The lowest BCUT2D eigenvalue weighted by Gasteiger charge is -2.26. The van der Waals surface area contributed by atoms with E-state index in [1.54, 1.807) is 0 Å². The molecule has 0 spiro atoms. The van der Waals surface area contributed by atoms with E-state index in [1.807, 2.05) is 0 Å². The average molecular weight is 262 g/mol. The molecule has 0 saturated carbocycles. The van der Waals surface area contributed by atoms with Gasteiger partial charge in [-0.05, 0) is 41.6 Å². The topological polar surface area (TPSA) is 27.8 Å². The maximum atomic E-state index is 3.65. The lowest BCUT2D eigenvalue weighted by Crippen LogP contribution is -2.31. The van der Waals surface area contributed by atoms with Crippen LogP contribution in [0.15, 0.2) is 54.6 Å². The molecular weight excluding hydrogens is 244 g/mol. The van der Waals surface area contributed by atoms with Crippen LogP contribution in [0.1, 0.15) is 22.9 Å². The number of hydrogen-bond acceptors (Lipinski definition) is 1. The molecule has 3 aromatic rings. The first kappa shape index (κ1) is 11.7. The highest BCUT2D eigenvalue weighted by Crippen LogP contribution is 2.26. The van der Waals surface area contributed by atoms with Gasteiger partial charge in [-0.3, -0.25) is 0 Å². The molecule has 1 unspecified atom stereocenters. The Morgan fingerprint density at radius 2 is 1.85 bits per heavy atom. The van der Waals surface area contributed by atoms with Crippen LogP contribution >= 0.6 is 0 Å². The minimum Gasteiger partial charge on any atom is -0.358 e. The molecule has 0 saturated heterocycles. The molecule has 2 heterocycles. The number of rotatable bonds is 2. The van der Waals surface area contributed by atoms with E-state index in [2.05, 4.69) is 64.9 Å². The number of aromatic amines is 1. The van der Waals surface area contributed by atoms with Gasteiger partial charge in [0.05, 0.1) is 0 Å². The van der Waals surface area contributed by atoms with Crippen molar-refractivity contribution >= 4 is 10.9 Å². The Morgan fingerprint density at radius 3 is 2.80 bits per heavy atom. The van der Waals surface area contributed by atoms with Crippen molar-refractivity contribution in [1.29, 1.82) is 0 Å². The first-order valence-corrected chi connectivity index (χ1v) is 7.28. The quantitative estimate of drug-likeness (QED) is 0.725. The molecule has 20 heavy (non-hydrogen) atoms. The summed E-state index contributed by atoms with van der Waals surface area (Å²) in [4.78, 5) is 3.53. The Morgan fingerprint density at radius 1 is 1.00 bits per heavy atom. The third-order valence-corrected chi connectivity index (χ3v) is 4.23. The van der Waals surface area contributed by atoms with Crippen LogP contribution in [-0.2, 0) is 12.8 Å². The molecule has 1 atom stereocenters. The Labute approximate surface area is 118 Å². The number of nitrogens with one attached hydrogen (secondary N) is 2. The fraction of sp³-hybridized carbons (Fsp3) is 0.222. The summed E-state index contributed by atoms with van der Waals surface area (Å²) in [5.74, 6) is 0. The SMILES string of the molecule is c1ccc2c(c1)CCNC2Cc1cc2ccccc2[nH]1. The minimum atomic E-state index is 0.424. The van der Waals surface area contributed by atoms with Crippen LogP contribution in [0.4, 0.5) is 0 Å². The van der Waals surface area contributed by atoms with Gasteiger partial charge >= 0.3 is 0 Å². The number of benzene rings is 2. The van der Waals surface area contributed by atoms with Crippen molar-refractivity contribution in [1.82, 2.24) is 10.3 Å². The summed E-state index contributed by atoms with van der Waals surface area (Å²) in [5, 5.41) is 4.95. The van der Waals surface area contributed by atoms with Crippen LogP contribution in [0.2, 0.25) is 0 Å². The van der Waals surface area contributed by atoms with E-state index < -0.39 is 0 Å². The fourth-order valence-corrected chi connectivity index (χ4v) is 3.24. The van der Waals surface area contributed by atoms with Crippen LogP contribution in [0, 0.1) is 0 Å². The summed E-state index contributed by atoms with van der Waals surface area (Å²) < 4.78 is 0. The van der Waals surface area contributed by atoms with E-state index in [9.17, 15) is 0 Å². The van der Waals surface area contributed by atoms with Gasteiger partial charge in [0.1, 0.15) is 0 Å². The van der Waals surface area contributed by atoms with Gasteiger partial charge in [0.15, 0.2) is 0 Å². The van der Waals surface area contributed by atoms with Gasteiger partial charge in [-0.15, -0.1) is 0 Å². The Hall–Kier alpha value is -2.06. The number of fused-ring (bicyclic) bond motifs is 2. The average Bonchev–Trinajstić information content (AvgIpc) is 2.90. The molecule has 4 rings (SSSR count). The zero-order valence-corrected chi connectivity index (χ0v) is 11.4. The van der Waals surface area contributed by atoms with E-state index >= 15 is 0 Å². The van der Waals surface area contributed by atoms with Crippen molar-refractivity contribution in [2.75, 3.05) is 6.54 Å². The van der Waals surface area contributed by atoms with E-state index in [1.165, 1.54) is 27.7 Å². The first-order chi connectivity index (χ1) is 9.90. The normalized spacial score (nSPS) is 18.1. The molecule has 1 aliphatic heterocycles. The maximum Gasteiger partial charge on any atom is 0.0456 e. The molecule has 1 aliphatic rings. The largest absolute Gasteiger partial charge is 0.358 e. The molecule has 0 fully saturated rings. The van der Waals surface area contributed by atoms with Gasteiger partial charge in [-0.2, -0.15) is 0 Å². The molecular formula is C18H18N2. The predicted octanol–water partition coefficient (Wildman–Crippen LogP) is 3.60. The molecule has 1 aromatic heterocycles. The Bertz CT molecular complexity index is 709. The first-order valence-electron chi connectivity index (χ1n) is 7.28. The van der Waals surface area contributed by atoms with Crippen LogP contribution < -0.4 is 5.32 Å². The number of H-pyrrole nitrogens is 1. The van der Waals surface area contributed by atoms with Crippen molar-refractivity contribution in [2.24, 2.45) is 0 Å². The molecule has 0 amide bonds. The Kier molecular flexibility index (Phi) is 2.82. The molecule has 0 radical (unpaired) electrons. The zero-order valence-electron chi connectivity index (χ0n) is 11.4. The molecule has 2 N–H and O–H groups in total. The smallest absolute Gasteiger partial charge is 0.0456 e. The van der Waals surface area contributed by atoms with Crippen LogP contribution in [0.25, 0.3) is 10.9 Å². The summed E-state index contributed by atoms with van der Waals surface area (Å²) in [5.41, 5.74) is 5.48. The van der Waals surface area contributed by atoms with E-state index in [4.69, 9.17) is 0 Å². The van der Waals surface area contributed by atoms with Gasteiger partial charge in [-0.25, -0.2) is 0 Å². The van der Waals surface area contributed by atoms with Crippen LogP contribution in [-0.4, -0.2) is 11.5 Å². The third-order valence-electron chi connectivity index (χ3n) is 4.23. The number of aromatic nitrogens is 1. The number of hydrogen-bond donors (Lipinski definition) is 2. The van der Waals surface area contributed by atoms with Gasteiger partial charge in [0.25, 0.3) is 0 Å². The highest BCUT2D eigenvalue weighted by atomic mass is 14.9. The maximum absolute atomic E-state index is 3.65. The zero-order chi connectivity index (χ0) is 13.4. The third kappa shape index (κ3) is 2.02. The monoisotopic (exact) mass is 262 g/mol. The molecule has 0 aliphatic carbocycles. The van der Waals surface area contributed by atoms with Crippen LogP contribution in [0.5, 0.6) is 0 Å². The fourth-order valence-electron chi connectivity index (χ4n) is 3.24. The van der Waals surface area contributed by atoms with Crippen molar-refractivity contribution < 1.29 is 0 Å². The van der Waals surface area contributed by atoms with E-state index in [0.717, 1.165) is 19.4 Å². The highest BCUT2D eigenvalue weighted by molar-refractivity contribution is 5.80. The second-order valence-electron chi connectivity index (χ2n) is 5.54. The van der Waals surface area contributed by atoms with Crippen LogP contribution in [0.3, 0.4) is 0 Å². The highest BCUT2D eigenvalue weighted by Gasteiger charge is 2.19. The minimum absolute atomic E-state index is 0.424. The van der Waals surface area contributed by atoms with Crippen molar-refractivity contribution in [3.8, 4) is 0 Å². The second-order valence-corrected chi connectivity index (χ2v) is 5.54. The molecule has 100 valence electrons. The van der Waals surface area contributed by atoms with Gasteiger partial charge in [-0.1, -0.05) is 42.5 Å². The van der Waals surface area contributed by atoms with Crippen molar-refractivity contribution in [3.63, 3.8) is 0 Å². The number of para-hydroxylation sites is 1. The summed E-state index contributed by atoms with van der Waals surface area (Å²) in [6.45, 7) is 1.07. The second kappa shape index (κ2) is 4.80. The predicted molar refractivity (Wildman–Crippen MR) is 82.9 cm³/mol. The summed E-state index contributed by atoms with van der Waals surface area (Å²) in [6.07, 6.45) is 2.16.